The van der Waals surface area contributed by atoms with Crippen LogP contribution in [0.1, 0.15) is 20.8 Å². The second-order valence-corrected chi connectivity index (χ2v) is 7.13. The van der Waals surface area contributed by atoms with Gasteiger partial charge in [-0.25, -0.2) is 8.42 Å². The third kappa shape index (κ3) is 3.17. The number of sulfone groups is 1. The molecular formula is C9H17NO4S. The molecular weight excluding hydrogens is 218 g/mol. The summed E-state index contributed by atoms with van der Waals surface area (Å²) in [6.45, 7) is 5.20. The number of nitrogens with one attached hydrogen (secondary N) is 1. The molecule has 0 aromatic rings. The van der Waals surface area contributed by atoms with Crippen molar-refractivity contribution in [3.63, 3.8) is 0 Å². The number of carbonyl (C=O) groups is 1. The standard InChI is InChI=1S/C9H17NO4S/c1-9(2,3)8(12)10-6-4-15(13,14)5-7(6)11/h6-7,11H,4-5H2,1-3H3,(H,10,12)/t6-,7+/m0/s1. The van der Waals surface area contributed by atoms with Crippen LogP contribution in [-0.2, 0) is 14.6 Å². The minimum absolute atomic E-state index is 0.171. The fourth-order valence-electron chi connectivity index (χ4n) is 1.35. The van der Waals surface area contributed by atoms with Crippen molar-refractivity contribution in [3.8, 4) is 0 Å². The molecule has 6 heteroatoms. The number of rotatable bonds is 1. The molecule has 88 valence electrons. The van der Waals surface area contributed by atoms with Gasteiger partial charge in [0.1, 0.15) is 0 Å². The average Bonchev–Trinajstić information content (AvgIpc) is 2.22. The van der Waals surface area contributed by atoms with E-state index in [1.165, 1.54) is 0 Å². The van der Waals surface area contributed by atoms with Crippen molar-refractivity contribution in [2.75, 3.05) is 11.5 Å². The average molecular weight is 235 g/mol. The molecule has 5 nitrogen and oxygen atoms in total. The first-order chi connectivity index (χ1) is 6.62. The van der Waals surface area contributed by atoms with E-state index in [4.69, 9.17) is 0 Å². The second-order valence-electron chi connectivity index (χ2n) is 4.97. The van der Waals surface area contributed by atoms with Crippen LogP contribution in [0.5, 0.6) is 0 Å². The summed E-state index contributed by atoms with van der Waals surface area (Å²) in [7, 11) is -3.20. The number of amides is 1. The summed E-state index contributed by atoms with van der Waals surface area (Å²) in [5, 5.41) is 12.0. The Kier molecular flexibility index (Phi) is 3.11. The van der Waals surface area contributed by atoms with Crippen LogP contribution >= 0.6 is 0 Å². The van der Waals surface area contributed by atoms with Gasteiger partial charge in [-0.1, -0.05) is 20.8 Å². The fourth-order valence-corrected chi connectivity index (χ4v) is 3.09. The van der Waals surface area contributed by atoms with Gasteiger partial charge in [0, 0.05) is 5.41 Å². The van der Waals surface area contributed by atoms with Gasteiger partial charge in [0.25, 0.3) is 0 Å². The van der Waals surface area contributed by atoms with E-state index in [1.807, 2.05) is 0 Å². The SMILES string of the molecule is CC(C)(C)C(=O)N[C@H]1CS(=O)(=O)C[C@H]1O. The van der Waals surface area contributed by atoms with E-state index < -0.39 is 27.4 Å². The second kappa shape index (κ2) is 3.75. The van der Waals surface area contributed by atoms with Crippen LogP contribution in [0.25, 0.3) is 0 Å². The lowest BCUT2D eigenvalue weighted by molar-refractivity contribution is -0.129. The van der Waals surface area contributed by atoms with Crippen LogP contribution in [0.2, 0.25) is 0 Å². The van der Waals surface area contributed by atoms with Gasteiger partial charge in [0.15, 0.2) is 9.84 Å². The number of hydrogen-bond acceptors (Lipinski definition) is 4. The smallest absolute Gasteiger partial charge is 0.225 e. The molecule has 15 heavy (non-hydrogen) atoms. The molecule has 0 unspecified atom stereocenters. The van der Waals surface area contributed by atoms with Gasteiger partial charge < -0.3 is 10.4 Å². The predicted molar refractivity (Wildman–Crippen MR) is 56.0 cm³/mol. The van der Waals surface area contributed by atoms with Crippen LogP contribution in [0.4, 0.5) is 0 Å². The third-order valence-corrected chi connectivity index (χ3v) is 4.04. The zero-order chi connectivity index (χ0) is 11.9. The summed E-state index contributed by atoms with van der Waals surface area (Å²) in [6, 6.07) is -0.665. The van der Waals surface area contributed by atoms with Gasteiger partial charge in [0.2, 0.25) is 5.91 Å². The van der Waals surface area contributed by atoms with Crippen molar-refractivity contribution in [2.24, 2.45) is 5.41 Å². The normalized spacial score (nSPS) is 30.1. The fraction of sp³-hybridized carbons (Fsp3) is 0.889. The Morgan fingerprint density at radius 3 is 2.20 bits per heavy atom. The number of aliphatic hydroxyl groups excluding tert-OH is 1. The Hall–Kier alpha value is -0.620. The Balaban J connectivity index is 2.66. The molecule has 1 aliphatic heterocycles. The molecule has 0 saturated carbocycles. The quantitative estimate of drug-likeness (QED) is 0.630. The number of carbonyl (C=O) groups excluding carboxylic acids is 1. The van der Waals surface area contributed by atoms with Crippen molar-refractivity contribution in [1.82, 2.24) is 5.32 Å². The van der Waals surface area contributed by atoms with Crippen molar-refractivity contribution >= 4 is 15.7 Å². The molecule has 0 bridgehead atoms. The number of aliphatic hydroxyl groups is 1. The van der Waals surface area contributed by atoms with Crippen LogP contribution in [-0.4, -0.2) is 43.1 Å². The lowest BCUT2D eigenvalue weighted by atomic mass is 9.95. The van der Waals surface area contributed by atoms with E-state index in [9.17, 15) is 18.3 Å². The van der Waals surface area contributed by atoms with Crippen LogP contribution < -0.4 is 5.32 Å². The van der Waals surface area contributed by atoms with Gasteiger partial charge >= 0.3 is 0 Å². The van der Waals surface area contributed by atoms with E-state index in [0.717, 1.165) is 0 Å². The van der Waals surface area contributed by atoms with Crippen molar-refractivity contribution in [2.45, 2.75) is 32.9 Å². The third-order valence-electron chi connectivity index (χ3n) is 2.32. The molecule has 1 fully saturated rings. The minimum Gasteiger partial charge on any atom is -0.390 e. The van der Waals surface area contributed by atoms with E-state index >= 15 is 0 Å². The summed E-state index contributed by atoms with van der Waals surface area (Å²) in [5.41, 5.74) is -0.577. The van der Waals surface area contributed by atoms with Crippen LogP contribution in [0.3, 0.4) is 0 Å². The Morgan fingerprint density at radius 1 is 1.33 bits per heavy atom. The molecule has 0 aromatic carbocycles. The predicted octanol–water partition coefficient (Wildman–Crippen LogP) is -0.693. The first-order valence-electron chi connectivity index (χ1n) is 4.81. The highest BCUT2D eigenvalue weighted by Gasteiger charge is 2.38. The Bertz CT molecular complexity index is 355. The molecule has 2 N–H and O–H groups in total. The minimum atomic E-state index is -3.20. The van der Waals surface area contributed by atoms with Gasteiger partial charge in [0.05, 0.1) is 23.7 Å². The molecule has 0 spiro atoms. The molecule has 0 aliphatic carbocycles. The zero-order valence-corrected chi connectivity index (χ0v) is 9.97. The van der Waals surface area contributed by atoms with E-state index in [1.54, 1.807) is 20.8 Å². The van der Waals surface area contributed by atoms with Crippen molar-refractivity contribution in [1.29, 1.82) is 0 Å². The summed E-state index contributed by atoms with van der Waals surface area (Å²) in [6.07, 6.45) is -0.985. The molecule has 1 heterocycles. The molecule has 2 atom stereocenters. The molecule has 1 aliphatic rings. The zero-order valence-electron chi connectivity index (χ0n) is 9.15. The maximum absolute atomic E-state index is 11.6. The monoisotopic (exact) mass is 235 g/mol. The molecule has 0 aromatic heterocycles. The summed E-state index contributed by atoms with van der Waals surface area (Å²) < 4.78 is 22.3. The first kappa shape index (κ1) is 12.4. The molecule has 1 saturated heterocycles. The van der Waals surface area contributed by atoms with Gasteiger partial charge in [-0.05, 0) is 0 Å². The van der Waals surface area contributed by atoms with Crippen LogP contribution in [0, 0.1) is 5.41 Å². The topological polar surface area (TPSA) is 83.5 Å². The number of hydrogen-bond donors (Lipinski definition) is 2. The summed E-state index contributed by atoms with van der Waals surface area (Å²) >= 11 is 0. The lowest BCUT2D eigenvalue weighted by Crippen LogP contribution is -2.47. The van der Waals surface area contributed by atoms with Crippen molar-refractivity contribution in [3.05, 3.63) is 0 Å². The molecule has 1 rings (SSSR count). The lowest BCUT2D eigenvalue weighted by Gasteiger charge is -2.22. The van der Waals surface area contributed by atoms with Gasteiger partial charge in [-0.3, -0.25) is 4.79 Å². The Labute approximate surface area is 89.8 Å². The van der Waals surface area contributed by atoms with Gasteiger partial charge in [-0.15, -0.1) is 0 Å². The Morgan fingerprint density at radius 2 is 1.87 bits per heavy atom. The van der Waals surface area contributed by atoms with E-state index in [-0.39, 0.29) is 17.4 Å². The molecule has 1 amide bonds. The largest absolute Gasteiger partial charge is 0.390 e. The van der Waals surface area contributed by atoms with E-state index in [2.05, 4.69) is 5.32 Å². The van der Waals surface area contributed by atoms with E-state index in [0.29, 0.717) is 0 Å². The van der Waals surface area contributed by atoms with Crippen molar-refractivity contribution < 1.29 is 18.3 Å². The van der Waals surface area contributed by atoms with Gasteiger partial charge in [-0.2, -0.15) is 0 Å². The van der Waals surface area contributed by atoms with Crippen LogP contribution in [0.15, 0.2) is 0 Å². The summed E-state index contributed by atoms with van der Waals surface area (Å²) in [5.74, 6) is -0.679. The highest BCUT2D eigenvalue weighted by molar-refractivity contribution is 7.91. The maximum Gasteiger partial charge on any atom is 0.225 e. The highest BCUT2D eigenvalue weighted by atomic mass is 32.2. The maximum atomic E-state index is 11.6. The summed E-state index contributed by atoms with van der Waals surface area (Å²) in [4.78, 5) is 11.6. The molecule has 0 radical (unpaired) electrons. The highest BCUT2D eigenvalue weighted by Crippen LogP contribution is 2.17. The first-order valence-corrected chi connectivity index (χ1v) is 6.63.